The lowest BCUT2D eigenvalue weighted by Gasteiger charge is -2.17. The lowest BCUT2D eigenvalue weighted by atomic mass is 10.00. The molecule has 0 bridgehead atoms. The molecule has 0 atom stereocenters. The van der Waals surface area contributed by atoms with Crippen LogP contribution in [-0.2, 0) is 12.8 Å². The Bertz CT molecular complexity index is 729. The third-order valence-electron chi connectivity index (χ3n) is 4.06. The fourth-order valence-electron chi connectivity index (χ4n) is 2.80. The first-order valence-electron chi connectivity index (χ1n) is 8.22. The van der Waals surface area contributed by atoms with E-state index in [1.165, 1.54) is 5.56 Å². The summed E-state index contributed by atoms with van der Waals surface area (Å²) in [5.74, 6) is -0.0804. The largest absolute Gasteiger partial charge is 0.352 e. The number of nitrogens with one attached hydrogen (secondary N) is 3. The molecule has 0 saturated carbocycles. The molecule has 1 aliphatic rings. The van der Waals surface area contributed by atoms with Gasteiger partial charge in [0.15, 0.2) is 0 Å². The predicted molar refractivity (Wildman–Crippen MR) is 94.3 cm³/mol. The molecule has 1 heterocycles. The summed E-state index contributed by atoms with van der Waals surface area (Å²) in [4.78, 5) is 23.8. The Morgan fingerprint density at radius 1 is 1.12 bits per heavy atom. The fourth-order valence-corrected chi connectivity index (χ4v) is 2.80. The minimum Gasteiger partial charge on any atom is -0.352 e. The van der Waals surface area contributed by atoms with Crippen LogP contribution >= 0.6 is 0 Å². The Kier molecular flexibility index (Phi) is 5.11. The topological polar surface area (TPSA) is 70.2 Å². The molecule has 124 valence electrons. The Morgan fingerprint density at radius 2 is 1.96 bits per heavy atom. The van der Waals surface area contributed by atoms with E-state index in [-0.39, 0.29) is 11.9 Å². The third kappa shape index (κ3) is 4.13. The molecule has 5 nitrogen and oxygen atoms in total. The van der Waals surface area contributed by atoms with Gasteiger partial charge in [-0.2, -0.15) is 0 Å². The van der Waals surface area contributed by atoms with E-state index in [1.54, 1.807) is 6.07 Å². The molecular formula is C19H21N3O2. The summed E-state index contributed by atoms with van der Waals surface area (Å²) in [6.07, 6.45) is 2.64. The number of hydrogen-bond acceptors (Lipinski definition) is 2. The quantitative estimate of drug-likeness (QED) is 0.741. The van der Waals surface area contributed by atoms with Crippen LogP contribution in [0.2, 0.25) is 0 Å². The van der Waals surface area contributed by atoms with Crippen molar-refractivity contribution >= 4 is 17.6 Å². The van der Waals surface area contributed by atoms with Crippen LogP contribution in [0.3, 0.4) is 0 Å². The van der Waals surface area contributed by atoms with Gasteiger partial charge in [0.05, 0.1) is 0 Å². The maximum absolute atomic E-state index is 12.0. The number of carbonyl (C=O) groups excluding carboxylic acids is 2. The van der Waals surface area contributed by atoms with Crippen molar-refractivity contribution in [1.29, 1.82) is 0 Å². The molecule has 5 heteroatoms. The second-order valence-corrected chi connectivity index (χ2v) is 5.85. The molecule has 2 aromatic carbocycles. The number of anilines is 1. The predicted octanol–water partition coefficient (Wildman–Crippen LogP) is 2.73. The standard InChI is InChI=1S/C19H21N3O2/c23-18-17-13-16(9-8-15(17)10-12-20-18)22-19(24)21-11-4-7-14-5-2-1-3-6-14/h1-3,5-6,8-9,13H,4,7,10-12H2,(H,20,23)(H2,21,22,24). The SMILES string of the molecule is O=C(NCCCc1ccccc1)Nc1ccc2c(c1)C(=O)NCC2. The molecule has 0 aliphatic carbocycles. The van der Waals surface area contributed by atoms with E-state index in [1.807, 2.05) is 30.3 Å². The maximum Gasteiger partial charge on any atom is 0.319 e. The number of carbonyl (C=O) groups is 2. The number of urea groups is 1. The summed E-state index contributed by atoms with van der Waals surface area (Å²) in [6, 6.07) is 15.4. The van der Waals surface area contributed by atoms with E-state index in [0.29, 0.717) is 24.3 Å². The van der Waals surface area contributed by atoms with E-state index in [0.717, 1.165) is 24.8 Å². The normalized spacial score (nSPS) is 12.9. The van der Waals surface area contributed by atoms with Crippen LogP contribution in [0.15, 0.2) is 48.5 Å². The number of amides is 3. The average Bonchev–Trinajstić information content (AvgIpc) is 2.60. The average molecular weight is 323 g/mol. The summed E-state index contributed by atoms with van der Waals surface area (Å²) < 4.78 is 0. The van der Waals surface area contributed by atoms with Gasteiger partial charge >= 0.3 is 6.03 Å². The Morgan fingerprint density at radius 3 is 2.79 bits per heavy atom. The van der Waals surface area contributed by atoms with Gasteiger partial charge in [-0.1, -0.05) is 36.4 Å². The minimum absolute atomic E-state index is 0.0804. The molecular weight excluding hydrogens is 302 g/mol. The Hall–Kier alpha value is -2.82. The zero-order chi connectivity index (χ0) is 16.8. The van der Waals surface area contributed by atoms with Crippen molar-refractivity contribution in [3.8, 4) is 0 Å². The van der Waals surface area contributed by atoms with Crippen LogP contribution in [0.1, 0.15) is 27.9 Å². The molecule has 0 fully saturated rings. The number of fused-ring (bicyclic) bond motifs is 1. The minimum atomic E-state index is -0.251. The van der Waals surface area contributed by atoms with Gasteiger partial charge in [-0.15, -0.1) is 0 Å². The van der Waals surface area contributed by atoms with Gasteiger partial charge in [0.25, 0.3) is 5.91 Å². The highest BCUT2D eigenvalue weighted by atomic mass is 16.2. The van der Waals surface area contributed by atoms with Gasteiger partial charge in [-0.25, -0.2) is 4.79 Å². The summed E-state index contributed by atoms with van der Waals surface area (Å²) in [5.41, 5.74) is 3.56. The highest BCUT2D eigenvalue weighted by Gasteiger charge is 2.17. The van der Waals surface area contributed by atoms with E-state index in [9.17, 15) is 9.59 Å². The van der Waals surface area contributed by atoms with Crippen molar-refractivity contribution < 1.29 is 9.59 Å². The van der Waals surface area contributed by atoms with Crippen LogP contribution in [0.25, 0.3) is 0 Å². The van der Waals surface area contributed by atoms with Gasteiger partial charge < -0.3 is 16.0 Å². The molecule has 0 aromatic heterocycles. The van der Waals surface area contributed by atoms with Gasteiger partial charge in [0.2, 0.25) is 0 Å². The van der Waals surface area contributed by atoms with Crippen LogP contribution in [0, 0.1) is 0 Å². The molecule has 1 aliphatic heterocycles. The van der Waals surface area contributed by atoms with Crippen LogP contribution in [0.4, 0.5) is 10.5 Å². The first-order chi connectivity index (χ1) is 11.7. The Balaban J connectivity index is 1.47. The molecule has 0 unspecified atom stereocenters. The highest BCUT2D eigenvalue weighted by Crippen LogP contribution is 2.19. The smallest absolute Gasteiger partial charge is 0.319 e. The van der Waals surface area contributed by atoms with E-state index < -0.39 is 0 Å². The number of aryl methyl sites for hydroxylation is 1. The van der Waals surface area contributed by atoms with Gasteiger partial charge in [0, 0.05) is 24.3 Å². The molecule has 0 spiro atoms. The van der Waals surface area contributed by atoms with Crippen molar-refractivity contribution in [2.75, 3.05) is 18.4 Å². The lowest BCUT2D eigenvalue weighted by molar-refractivity contribution is 0.0946. The number of hydrogen-bond donors (Lipinski definition) is 3. The van der Waals surface area contributed by atoms with E-state index in [2.05, 4.69) is 28.1 Å². The molecule has 0 saturated heterocycles. The molecule has 3 rings (SSSR count). The zero-order valence-corrected chi connectivity index (χ0v) is 13.5. The van der Waals surface area contributed by atoms with Crippen molar-refractivity contribution in [1.82, 2.24) is 10.6 Å². The van der Waals surface area contributed by atoms with Crippen molar-refractivity contribution in [2.45, 2.75) is 19.3 Å². The summed E-state index contributed by atoms with van der Waals surface area (Å²) >= 11 is 0. The van der Waals surface area contributed by atoms with Gasteiger partial charge in [0.1, 0.15) is 0 Å². The first kappa shape index (κ1) is 16.1. The Labute approximate surface area is 141 Å². The molecule has 24 heavy (non-hydrogen) atoms. The molecule has 2 aromatic rings. The lowest BCUT2D eigenvalue weighted by Crippen LogP contribution is -2.32. The van der Waals surface area contributed by atoms with Crippen LogP contribution < -0.4 is 16.0 Å². The van der Waals surface area contributed by atoms with Crippen LogP contribution in [0.5, 0.6) is 0 Å². The van der Waals surface area contributed by atoms with Gasteiger partial charge in [-0.3, -0.25) is 4.79 Å². The molecule has 0 radical (unpaired) electrons. The number of rotatable bonds is 5. The second kappa shape index (κ2) is 7.64. The highest BCUT2D eigenvalue weighted by molar-refractivity contribution is 5.99. The first-order valence-corrected chi connectivity index (χ1v) is 8.22. The van der Waals surface area contributed by atoms with Crippen molar-refractivity contribution in [3.63, 3.8) is 0 Å². The second-order valence-electron chi connectivity index (χ2n) is 5.85. The molecule has 3 amide bonds. The van der Waals surface area contributed by atoms with Gasteiger partial charge in [-0.05, 0) is 42.5 Å². The van der Waals surface area contributed by atoms with E-state index >= 15 is 0 Å². The van der Waals surface area contributed by atoms with Crippen molar-refractivity contribution in [3.05, 3.63) is 65.2 Å². The number of benzene rings is 2. The van der Waals surface area contributed by atoms with Crippen LogP contribution in [-0.4, -0.2) is 25.0 Å². The van der Waals surface area contributed by atoms with E-state index in [4.69, 9.17) is 0 Å². The zero-order valence-electron chi connectivity index (χ0n) is 13.5. The summed E-state index contributed by atoms with van der Waals surface area (Å²) in [7, 11) is 0. The maximum atomic E-state index is 12.0. The molecule has 3 N–H and O–H groups in total. The summed E-state index contributed by atoms with van der Waals surface area (Å²) in [6.45, 7) is 1.27. The fraction of sp³-hybridized carbons (Fsp3) is 0.263. The summed E-state index contributed by atoms with van der Waals surface area (Å²) in [5, 5.41) is 8.43. The third-order valence-corrected chi connectivity index (χ3v) is 4.06. The monoisotopic (exact) mass is 323 g/mol. The van der Waals surface area contributed by atoms with Crippen molar-refractivity contribution in [2.24, 2.45) is 0 Å².